The summed E-state index contributed by atoms with van der Waals surface area (Å²) in [6.45, 7) is 1.69. The number of aliphatic carboxylic acids is 1. The van der Waals surface area contributed by atoms with Crippen LogP contribution in [0.2, 0.25) is 10.0 Å². The molecule has 5 N–H and O–H groups in total. The Labute approximate surface area is 225 Å². The van der Waals surface area contributed by atoms with E-state index in [0.717, 1.165) is 17.0 Å². The van der Waals surface area contributed by atoms with Gasteiger partial charge >= 0.3 is 5.97 Å². The Balaban J connectivity index is 1.64. The van der Waals surface area contributed by atoms with E-state index in [1.54, 1.807) is 30.3 Å². The highest BCUT2D eigenvalue weighted by atomic mass is 35.5. The summed E-state index contributed by atoms with van der Waals surface area (Å²) in [7, 11) is -0.542. The molecule has 3 rings (SSSR count). The summed E-state index contributed by atoms with van der Waals surface area (Å²) < 4.78 is 0. The van der Waals surface area contributed by atoms with Crippen LogP contribution in [0.15, 0.2) is 60.7 Å². The van der Waals surface area contributed by atoms with Crippen LogP contribution in [0.4, 0.5) is 0 Å². The average molecular weight is 563 g/mol. The molecule has 11 heteroatoms. The summed E-state index contributed by atoms with van der Waals surface area (Å²) >= 11 is 12.7. The van der Waals surface area contributed by atoms with Gasteiger partial charge in [-0.25, -0.2) is 4.79 Å². The van der Waals surface area contributed by atoms with Gasteiger partial charge in [-0.05, 0) is 72.6 Å². The number of phenolic OH excluding ortho intramolecular Hbond substituents is 2. The van der Waals surface area contributed by atoms with Crippen molar-refractivity contribution in [3.63, 3.8) is 0 Å². The van der Waals surface area contributed by atoms with Crippen molar-refractivity contribution < 1.29 is 29.7 Å². The first-order chi connectivity index (χ1) is 17.5. The second-order valence-corrected chi connectivity index (χ2v) is 11.4. The highest BCUT2D eigenvalue weighted by molar-refractivity contribution is 7.64. The Morgan fingerprint density at radius 2 is 1.54 bits per heavy atom. The van der Waals surface area contributed by atoms with Crippen molar-refractivity contribution in [3.8, 4) is 11.5 Å². The fourth-order valence-corrected chi connectivity index (χ4v) is 5.77. The van der Waals surface area contributed by atoms with Crippen LogP contribution >= 0.6 is 31.1 Å². The fraction of sp³-hybridized carbons (Fsp3) is 0.192. The zero-order valence-corrected chi connectivity index (χ0v) is 22.1. The van der Waals surface area contributed by atoms with Crippen LogP contribution in [0.5, 0.6) is 11.5 Å². The molecule has 8 nitrogen and oxygen atoms in total. The van der Waals surface area contributed by atoms with Crippen LogP contribution in [-0.4, -0.2) is 58.5 Å². The molecular weight excluding hydrogens is 538 g/mol. The minimum absolute atomic E-state index is 0.0654. The monoisotopic (exact) mass is 562 g/mol. The number of phenols is 2. The molecule has 37 heavy (non-hydrogen) atoms. The van der Waals surface area contributed by atoms with Crippen LogP contribution < -0.4 is 15.9 Å². The van der Waals surface area contributed by atoms with Crippen molar-refractivity contribution in [2.24, 2.45) is 0 Å². The van der Waals surface area contributed by atoms with Crippen molar-refractivity contribution in [2.75, 3.05) is 19.4 Å². The van der Waals surface area contributed by atoms with Crippen LogP contribution in [0.1, 0.15) is 26.3 Å². The standard InChI is InChI=1S/C26H25Cl2N2O6P/c1-37(19-7-3-6-18(32)13-19)9-8-15-10-20(27)23(21(28)11-15)25(34)30-22(26(35)36)14-29-24(33)16-4-2-5-17(31)12-16/h2-7,10-13,22,31-32H,8-9,14H2,1H3,(H,29,33)(H,30,34)(H,35,36). The molecule has 0 saturated heterocycles. The number of carboxylic acid groups (broad SMARTS) is 1. The van der Waals surface area contributed by atoms with E-state index in [1.165, 1.54) is 24.3 Å². The van der Waals surface area contributed by atoms with E-state index in [1.807, 2.05) is 6.07 Å². The van der Waals surface area contributed by atoms with Crippen LogP contribution in [0.25, 0.3) is 0 Å². The lowest BCUT2D eigenvalue weighted by atomic mass is 10.1. The molecule has 0 aromatic heterocycles. The topological polar surface area (TPSA) is 136 Å². The molecule has 3 aromatic carbocycles. The van der Waals surface area contributed by atoms with Gasteiger partial charge in [-0.3, -0.25) is 9.59 Å². The predicted octanol–water partition coefficient (Wildman–Crippen LogP) is 4.00. The number of carboxylic acids is 1. The van der Waals surface area contributed by atoms with Gasteiger partial charge < -0.3 is 26.0 Å². The maximum absolute atomic E-state index is 12.8. The first-order valence-corrected chi connectivity index (χ1v) is 13.9. The second kappa shape index (κ2) is 12.8. The molecule has 0 aliphatic carbocycles. The minimum Gasteiger partial charge on any atom is -0.508 e. The van der Waals surface area contributed by atoms with Gasteiger partial charge in [0.05, 0.1) is 15.6 Å². The molecule has 0 aliphatic heterocycles. The molecule has 0 heterocycles. The number of carbonyl (C=O) groups is 3. The SMILES string of the molecule is CP(CCc1cc(Cl)c(C(=O)NC(CNC(=O)c2cccc(O)c2)C(=O)O)c(Cl)c1)c1cccc(O)c1. The van der Waals surface area contributed by atoms with E-state index < -0.39 is 38.3 Å². The summed E-state index contributed by atoms with van der Waals surface area (Å²) in [4.78, 5) is 36.8. The van der Waals surface area contributed by atoms with Crippen molar-refractivity contribution in [3.05, 3.63) is 87.4 Å². The molecule has 0 spiro atoms. The van der Waals surface area contributed by atoms with Gasteiger partial charge in [-0.15, -0.1) is 0 Å². The third-order valence-electron chi connectivity index (χ3n) is 5.51. The number of benzene rings is 3. The molecule has 0 fully saturated rings. The molecule has 2 amide bonds. The number of nitrogens with one attached hydrogen (secondary N) is 2. The summed E-state index contributed by atoms with van der Waals surface area (Å²) in [6.07, 6.45) is 1.44. The normalized spacial score (nSPS) is 12.4. The summed E-state index contributed by atoms with van der Waals surface area (Å²) in [5.74, 6) is -2.67. The average Bonchev–Trinajstić information content (AvgIpc) is 2.84. The van der Waals surface area contributed by atoms with Gasteiger partial charge in [0.15, 0.2) is 0 Å². The van der Waals surface area contributed by atoms with Gasteiger partial charge in [0.1, 0.15) is 17.5 Å². The van der Waals surface area contributed by atoms with Gasteiger partial charge in [0.2, 0.25) is 0 Å². The lowest BCUT2D eigenvalue weighted by Gasteiger charge is -2.17. The third kappa shape index (κ3) is 7.83. The van der Waals surface area contributed by atoms with E-state index >= 15 is 0 Å². The first-order valence-electron chi connectivity index (χ1n) is 11.1. The Morgan fingerprint density at radius 1 is 0.919 bits per heavy atom. The Kier molecular flexibility index (Phi) is 9.75. The molecular formula is C26H25Cl2N2O6P. The summed E-state index contributed by atoms with van der Waals surface area (Å²) in [6, 6.07) is 14.5. The highest BCUT2D eigenvalue weighted by Gasteiger charge is 2.25. The Morgan fingerprint density at radius 3 is 2.14 bits per heavy atom. The van der Waals surface area contributed by atoms with Crippen LogP contribution in [0, 0.1) is 0 Å². The van der Waals surface area contributed by atoms with Gasteiger partial charge in [0, 0.05) is 12.1 Å². The molecule has 2 atom stereocenters. The smallest absolute Gasteiger partial charge is 0.328 e. The number of carbonyl (C=O) groups excluding carboxylic acids is 2. The van der Waals surface area contributed by atoms with Crippen LogP contribution in [-0.2, 0) is 11.2 Å². The fourth-order valence-electron chi connectivity index (χ4n) is 3.52. The predicted molar refractivity (Wildman–Crippen MR) is 145 cm³/mol. The number of hydrogen-bond acceptors (Lipinski definition) is 5. The van der Waals surface area contributed by atoms with Crippen LogP contribution in [0.3, 0.4) is 0 Å². The van der Waals surface area contributed by atoms with Crippen molar-refractivity contribution >= 4 is 54.2 Å². The van der Waals surface area contributed by atoms with Gasteiger partial charge in [0.25, 0.3) is 11.8 Å². The highest BCUT2D eigenvalue weighted by Crippen LogP contribution is 2.33. The number of hydrogen-bond donors (Lipinski definition) is 5. The van der Waals surface area contributed by atoms with E-state index in [4.69, 9.17) is 23.2 Å². The largest absolute Gasteiger partial charge is 0.508 e. The Bertz CT molecular complexity index is 1300. The quantitative estimate of drug-likeness (QED) is 0.237. The molecule has 0 radical (unpaired) electrons. The first kappa shape index (κ1) is 28.3. The maximum Gasteiger partial charge on any atom is 0.328 e. The zero-order valence-electron chi connectivity index (χ0n) is 19.7. The minimum atomic E-state index is -1.45. The molecule has 2 unspecified atom stereocenters. The van der Waals surface area contributed by atoms with Gasteiger partial charge in [-0.2, -0.15) is 0 Å². The lowest BCUT2D eigenvalue weighted by Crippen LogP contribution is -2.48. The number of amides is 2. The summed E-state index contributed by atoms with van der Waals surface area (Å²) in [5.41, 5.74) is 0.885. The van der Waals surface area contributed by atoms with E-state index in [-0.39, 0.29) is 32.7 Å². The Hall–Kier alpha value is -3.32. The molecule has 0 saturated carbocycles. The van der Waals surface area contributed by atoms with Crippen molar-refractivity contribution in [1.82, 2.24) is 10.6 Å². The second-order valence-electron chi connectivity index (χ2n) is 8.25. The van der Waals surface area contributed by atoms with Crippen molar-refractivity contribution in [1.29, 1.82) is 0 Å². The number of aryl methyl sites for hydroxylation is 1. The number of halogens is 2. The molecule has 0 bridgehead atoms. The molecule has 194 valence electrons. The lowest BCUT2D eigenvalue weighted by molar-refractivity contribution is -0.139. The maximum atomic E-state index is 12.8. The molecule has 0 aliphatic rings. The third-order valence-corrected chi connectivity index (χ3v) is 8.16. The molecule has 3 aromatic rings. The van der Waals surface area contributed by atoms with Crippen molar-refractivity contribution in [2.45, 2.75) is 12.5 Å². The van der Waals surface area contributed by atoms with E-state index in [0.29, 0.717) is 6.42 Å². The zero-order chi connectivity index (χ0) is 27.1. The number of aromatic hydroxyl groups is 2. The van der Waals surface area contributed by atoms with E-state index in [9.17, 15) is 29.7 Å². The van der Waals surface area contributed by atoms with E-state index in [2.05, 4.69) is 17.3 Å². The van der Waals surface area contributed by atoms with Gasteiger partial charge in [-0.1, -0.05) is 49.3 Å². The number of rotatable bonds is 10. The summed E-state index contributed by atoms with van der Waals surface area (Å²) in [5, 5.41) is 34.7.